The van der Waals surface area contributed by atoms with Gasteiger partial charge < -0.3 is 10.6 Å². The zero-order valence-corrected chi connectivity index (χ0v) is 12.0. The van der Waals surface area contributed by atoms with E-state index in [4.69, 9.17) is 0 Å². The topological polar surface area (TPSA) is 41.1 Å². The molecule has 2 aliphatic rings. The van der Waals surface area contributed by atoms with Crippen LogP contribution in [0.25, 0.3) is 0 Å². The number of aryl methyl sites for hydroxylation is 1. The number of rotatable bonds is 3. The summed E-state index contributed by atoms with van der Waals surface area (Å²) in [6.07, 6.45) is 5.59. The van der Waals surface area contributed by atoms with E-state index in [-0.39, 0.29) is 11.8 Å². The van der Waals surface area contributed by atoms with E-state index in [9.17, 15) is 4.79 Å². The van der Waals surface area contributed by atoms with Crippen LogP contribution in [0.15, 0.2) is 24.3 Å². The number of amides is 1. The highest BCUT2D eigenvalue weighted by Crippen LogP contribution is 2.30. The standard InChI is InChI=1S/C17H24N2O/c20-17(14-8-10-18-11-9-14)19-12-15-6-3-5-13-4-1-2-7-16(13)15/h1-2,4,7,14-15,18H,3,5-6,8-12H2,(H,19,20). The lowest BCUT2D eigenvalue weighted by molar-refractivity contribution is -0.125. The molecule has 1 amide bonds. The van der Waals surface area contributed by atoms with Crippen molar-refractivity contribution in [3.05, 3.63) is 35.4 Å². The van der Waals surface area contributed by atoms with E-state index < -0.39 is 0 Å². The summed E-state index contributed by atoms with van der Waals surface area (Å²) in [5, 5.41) is 6.50. The molecule has 2 N–H and O–H groups in total. The maximum Gasteiger partial charge on any atom is 0.223 e. The number of benzene rings is 1. The molecular formula is C17H24N2O. The minimum absolute atomic E-state index is 0.218. The number of fused-ring (bicyclic) bond motifs is 1. The molecule has 1 aliphatic heterocycles. The fraction of sp³-hybridized carbons (Fsp3) is 0.588. The van der Waals surface area contributed by atoms with Crippen molar-refractivity contribution >= 4 is 5.91 Å². The van der Waals surface area contributed by atoms with Crippen molar-refractivity contribution in [1.82, 2.24) is 10.6 Å². The average Bonchev–Trinajstić information content (AvgIpc) is 2.53. The van der Waals surface area contributed by atoms with Crippen LogP contribution in [0.2, 0.25) is 0 Å². The molecule has 20 heavy (non-hydrogen) atoms. The third-order valence-corrected chi connectivity index (χ3v) is 4.73. The van der Waals surface area contributed by atoms with Gasteiger partial charge in [0.05, 0.1) is 0 Å². The van der Waals surface area contributed by atoms with Crippen LogP contribution in [0, 0.1) is 5.92 Å². The van der Waals surface area contributed by atoms with Gasteiger partial charge in [-0.25, -0.2) is 0 Å². The molecule has 1 unspecified atom stereocenters. The summed E-state index contributed by atoms with van der Waals surface area (Å²) in [6, 6.07) is 8.70. The predicted molar refractivity (Wildman–Crippen MR) is 80.7 cm³/mol. The van der Waals surface area contributed by atoms with Crippen molar-refractivity contribution in [2.45, 2.75) is 38.0 Å². The van der Waals surface area contributed by atoms with E-state index in [2.05, 4.69) is 34.9 Å². The van der Waals surface area contributed by atoms with Gasteiger partial charge >= 0.3 is 0 Å². The molecule has 0 radical (unpaired) electrons. The Balaban J connectivity index is 1.57. The minimum Gasteiger partial charge on any atom is -0.355 e. The van der Waals surface area contributed by atoms with Gasteiger partial charge in [0.15, 0.2) is 0 Å². The molecule has 0 bridgehead atoms. The van der Waals surface area contributed by atoms with Crippen LogP contribution in [-0.2, 0) is 11.2 Å². The molecule has 1 aromatic rings. The number of hydrogen-bond donors (Lipinski definition) is 2. The van der Waals surface area contributed by atoms with Gasteiger partial charge in [-0.3, -0.25) is 4.79 Å². The van der Waals surface area contributed by atoms with Crippen LogP contribution in [0.1, 0.15) is 42.7 Å². The molecule has 1 aliphatic carbocycles. The van der Waals surface area contributed by atoms with Crippen molar-refractivity contribution in [2.24, 2.45) is 5.92 Å². The SMILES string of the molecule is O=C(NCC1CCCc2ccccc21)C1CCNCC1. The molecule has 0 saturated carbocycles. The first kappa shape index (κ1) is 13.6. The fourth-order valence-corrected chi connectivity index (χ4v) is 3.52. The Morgan fingerprint density at radius 3 is 2.85 bits per heavy atom. The largest absolute Gasteiger partial charge is 0.355 e. The molecule has 0 aromatic heterocycles. The molecule has 3 nitrogen and oxygen atoms in total. The Labute approximate surface area is 121 Å². The monoisotopic (exact) mass is 272 g/mol. The van der Waals surface area contributed by atoms with Crippen molar-refractivity contribution < 1.29 is 4.79 Å². The zero-order valence-electron chi connectivity index (χ0n) is 12.0. The van der Waals surface area contributed by atoms with E-state index in [1.54, 1.807) is 0 Å². The van der Waals surface area contributed by atoms with Gasteiger partial charge in [-0.2, -0.15) is 0 Å². The Morgan fingerprint density at radius 2 is 2.00 bits per heavy atom. The molecule has 3 heteroatoms. The second-order valence-corrected chi connectivity index (χ2v) is 6.06. The smallest absolute Gasteiger partial charge is 0.223 e. The Kier molecular flexibility index (Phi) is 4.36. The zero-order chi connectivity index (χ0) is 13.8. The van der Waals surface area contributed by atoms with Crippen LogP contribution in [0.5, 0.6) is 0 Å². The average molecular weight is 272 g/mol. The Hall–Kier alpha value is -1.35. The van der Waals surface area contributed by atoms with Crippen LogP contribution >= 0.6 is 0 Å². The number of nitrogens with one attached hydrogen (secondary N) is 2. The second kappa shape index (κ2) is 6.40. The lowest BCUT2D eigenvalue weighted by Crippen LogP contribution is -2.39. The van der Waals surface area contributed by atoms with Gasteiger partial charge in [0.1, 0.15) is 0 Å². The summed E-state index contributed by atoms with van der Waals surface area (Å²) in [5.74, 6) is 0.982. The molecule has 1 aromatic carbocycles. The normalized spacial score (nSPS) is 23.1. The van der Waals surface area contributed by atoms with Crippen LogP contribution in [-0.4, -0.2) is 25.5 Å². The van der Waals surface area contributed by atoms with Gasteiger partial charge in [0.25, 0.3) is 0 Å². The molecule has 0 spiro atoms. The van der Waals surface area contributed by atoms with Crippen LogP contribution in [0.3, 0.4) is 0 Å². The van der Waals surface area contributed by atoms with Gasteiger partial charge in [-0.1, -0.05) is 24.3 Å². The molecule has 1 atom stereocenters. The Morgan fingerprint density at radius 1 is 1.20 bits per heavy atom. The van der Waals surface area contributed by atoms with Crippen LogP contribution in [0.4, 0.5) is 0 Å². The summed E-state index contributed by atoms with van der Waals surface area (Å²) >= 11 is 0. The maximum atomic E-state index is 12.2. The van der Waals surface area contributed by atoms with E-state index in [0.29, 0.717) is 5.92 Å². The van der Waals surface area contributed by atoms with E-state index in [1.165, 1.54) is 30.4 Å². The minimum atomic E-state index is 0.218. The summed E-state index contributed by atoms with van der Waals surface area (Å²) in [4.78, 5) is 12.2. The highest BCUT2D eigenvalue weighted by atomic mass is 16.1. The molecular weight excluding hydrogens is 248 g/mol. The molecule has 1 heterocycles. The molecule has 3 rings (SSSR count). The quantitative estimate of drug-likeness (QED) is 0.886. The summed E-state index contributed by atoms with van der Waals surface area (Å²) < 4.78 is 0. The van der Waals surface area contributed by atoms with Gasteiger partial charge in [-0.15, -0.1) is 0 Å². The number of piperidine rings is 1. The number of hydrogen-bond acceptors (Lipinski definition) is 2. The van der Waals surface area contributed by atoms with Gasteiger partial charge in [0, 0.05) is 18.4 Å². The number of carbonyl (C=O) groups is 1. The van der Waals surface area contributed by atoms with Crippen LogP contribution < -0.4 is 10.6 Å². The fourth-order valence-electron chi connectivity index (χ4n) is 3.52. The summed E-state index contributed by atoms with van der Waals surface area (Å²) in [5.41, 5.74) is 2.92. The summed E-state index contributed by atoms with van der Waals surface area (Å²) in [6.45, 7) is 2.76. The molecule has 1 fully saturated rings. The van der Waals surface area contributed by atoms with Crippen molar-refractivity contribution in [3.8, 4) is 0 Å². The first-order valence-corrected chi connectivity index (χ1v) is 7.91. The lowest BCUT2D eigenvalue weighted by Gasteiger charge is -2.27. The highest BCUT2D eigenvalue weighted by Gasteiger charge is 2.24. The third kappa shape index (κ3) is 3.04. The second-order valence-electron chi connectivity index (χ2n) is 6.06. The maximum absolute atomic E-state index is 12.2. The summed E-state index contributed by atoms with van der Waals surface area (Å²) in [7, 11) is 0. The van der Waals surface area contributed by atoms with E-state index in [0.717, 1.165) is 32.5 Å². The number of carbonyl (C=O) groups excluding carboxylic acids is 1. The highest BCUT2D eigenvalue weighted by molar-refractivity contribution is 5.78. The van der Waals surface area contributed by atoms with Gasteiger partial charge in [-0.05, 0) is 56.3 Å². The Bertz CT molecular complexity index is 466. The first-order valence-electron chi connectivity index (χ1n) is 7.91. The lowest BCUT2D eigenvalue weighted by atomic mass is 9.82. The van der Waals surface area contributed by atoms with E-state index in [1.807, 2.05) is 0 Å². The van der Waals surface area contributed by atoms with Gasteiger partial charge in [0.2, 0.25) is 5.91 Å². The van der Waals surface area contributed by atoms with Crippen molar-refractivity contribution in [3.63, 3.8) is 0 Å². The van der Waals surface area contributed by atoms with Crippen molar-refractivity contribution in [2.75, 3.05) is 19.6 Å². The van der Waals surface area contributed by atoms with Crippen molar-refractivity contribution in [1.29, 1.82) is 0 Å². The van der Waals surface area contributed by atoms with E-state index >= 15 is 0 Å². The predicted octanol–water partition coefficient (Wildman–Crippen LogP) is 2.22. The first-order chi connectivity index (χ1) is 9.84. The third-order valence-electron chi connectivity index (χ3n) is 4.73. The molecule has 1 saturated heterocycles. The molecule has 108 valence electrons.